The first-order valence-corrected chi connectivity index (χ1v) is 11.1. The Balaban J connectivity index is 2.00. The number of carbonyl (C=O) groups is 1. The van der Waals surface area contributed by atoms with Crippen molar-refractivity contribution in [2.75, 3.05) is 33.3 Å². The van der Waals surface area contributed by atoms with E-state index in [0.29, 0.717) is 24.4 Å². The van der Waals surface area contributed by atoms with E-state index in [1.54, 1.807) is 19.9 Å². The van der Waals surface area contributed by atoms with Crippen molar-refractivity contribution in [3.63, 3.8) is 0 Å². The molecule has 1 aromatic rings. The van der Waals surface area contributed by atoms with Crippen molar-refractivity contribution < 1.29 is 17.9 Å². The number of rotatable bonds is 6. The first kappa shape index (κ1) is 20.1. The molecule has 2 unspecified atom stereocenters. The summed E-state index contributed by atoms with van der Waals surface area (Å²) in [4.78, 5) is 15.5. The van der Waals surface area contributed by atoms with E-state index < -0.39 is 10.0 Å². The van der Waals surface area contributed by atoms with Gasteiger partial charge in [0.15, 0.2) is 0 Å². The lowest BCUT2D eigenvalue weighted by Gasteiger charge is -2.29. The Kier molecular flexibility index (Phi) is 6.08. The largest absolute Gasteiger partial charge is 0.496 e. The summed E-state index contributed by atoms with van der Waals surface area (Å²) in [5.41, 5.74) is 0.324. The summed E-state index contributed by atoms with van der Waals surface area (Å²) in [7, 11) is -2.13. The zero-order valence-electron chi connectivity index (χ0n) is 16.3. The second kappa shape index (κ2) is 8.16. The number of ether oxygens (including phenoxy) is 1. The van der Waals surface area contributed by atoms with Crippen molar-refractivity contribution in [3.05, 3.63) is 23.8 Å². The van der Waals surface area contributed by atoms with Crippen molar-refractivity contribution in [2.24, 2.45) is 0 Å². The van der Waals surface area contributed by atoms with Crippen molar-refractivity contribution in [1.82, 2.24) is 14.5 Å². The molecule has 150 valence electrons. The predicted molar refractivity (Wildman–Crippen MR) is 104 cm³/mol. The maximum Gasteiger partial charge on any atom is 0.258 e. The quantitative estimate of drug-likeness (QED) is 0.793. The van der Waals surface area contributed by atoms with Crippen LogP contribution in [0.1, 0.15) is 43.5 Å². The van der Waals surface area contributed by atoms with Crippen molar-refractivity contribution in [3.8, 4) is 5.75 Å². The molecule has 0 aliphatic carbocycles. The summed E-state index contributed by atoms with van der Waals surface area (Å²) in [6, 6.07) is 4.93. The minimum Gasteiger partial charge on any atom is -0.496 e. The number of fused-ring (bicyclic) bond motifs is 2. The molecular weight excluding hydrogens is 366 g/mol. The summed E-state index contributed by atoms with van der Waals surface area (Å²) in [5, 5.41) is 3.38. The molecule has 8 heteroatoms. The van der Waals surface area contributed by atoms with Gasteiger partial charge in [-0.1, -0.05) is 13.8 Å². The lowest BCUT2D eigenvalue weighted by atomic mass is 10.1. The van der Waals surface area contributed by atoms with Gasteiger partial charge in [0.05, 0.1) is 17.6 Å². The van der Waals surface area contributed by atoms with Gasteiger partial charge in [-0.05, 0) is 44.0 Å². The van der Waals surface area contributed by atoms with Gasteiger partial charge < -0.3 is 15.0 Å². The van der Waals surface area contributed by atoms with Crippen LogP contribution >= 0.6 is 0 Å². The molecule has 2 bridgehead atoms. The smallest absolute Gasteiger partial charge is 0.258 e. The minimum atomic E-state index is -3.64. The Bertz CT molecular complexity index is 778. The number of benzene rings is 1. The van der Waals surface area contributed by atoms with Gasteiger partial charge in [-0.15, -0.1) is 0 Å². The number of hydrogen-bond donors (Lipinski definition) is 1. The monoisotopic (exact) mass is 395 g/mol. The van der Waals surface area contributed by atoms with Gasteiger partial charge in [0.1, 0.15) is 5.75 Å². The Hall–Kier alpha value is -1.64. The van der Waals surface area contributed by atoms with Gasteiger partial charge in [-0.25, -0.2) is 8.42 Å². The lowest BCUT2D eigenvalue weighted by Crippen LogP contribution is -2.42. The van der Waals surface area contributed by atoms with Crippen LogP contribution in [0.25, 0.3) is 0 Å². The highest BCUT2D eigenvalue weighted by Crippen LogP contribution is 2.33. The number of nitrogens with zero attached hydrogens (tertiary/aromatic N) is 2. The third-order valence-corrected chi connectivity index (χ3v) is 7.68. The van der Waals surface area contributed by atoms with Gasteiger partial charge in [0.25, 0.3) is 5.91 Å². The molecule has 0 spiro atoms. The molecule has 0 aromatic heterocycles. The van der Waals surface area contributed by atoms with Crippen LogP contribution in [0.15, 0.2) is 23.1 Å². The second-order valence-electron chi connectivity index (χ2n) is 7.04. The second-order valence-corrected chi connectivity index (χ2v) is 8.98. The van der Waals surface area contributed by atoms with E-state index in [1.807, 2.05) is 4.90 Å². The third-order valence-electron chi connectivity index (χ3n) is 5.63. The molecule has 2 atom stereocenters. The molecule has 2 aliphatic rings. The number of carbonyl (C=O) groups excluding carboxylic acids is 1. The maximum atomic E-state index is 13.4. The molecule has 3 rings (SSSR count). The van der Waals surface area contributed by atoms with E-state index in [-0.39, 0.29) is 22.9 Å². The van der Waals surface area contributed by atoms with Crippen LogP contribution in [0.2, 0.25) is 0 Å². The van der Waals surface area contributed by atoms with Crippen LogP contribution in [0.5, 0.6) is 5.75 Å². The average Bonchev–Trinajstić information content (AvgIpc) is 2.93. The van der Waals surface area contributed by atoms with Crippen LogP contribution in [0.3, 0.4) is 0 Å². The highest BCUT2D eigenvalue weighted by atomic mass is 32.2. The molecule has 7 nitrogen and oxygen atoms in total. The molecule has 27 heavy (non-hydrogen) atoms. The van der Waals surface area contributed by atoms with Crippen LogP contribution in [-0.4, -0.2) is 68.9 Å². The molecule has 1 aromatic carbocycles. The molecule has 2 heterocycles. The van der Waals surface area contributed by atoms with Crippen LogP contribution in [-0.2, 0) is 10.0 Å². The van der Waals surface area contributed by atoms with Gasteiger partial charge in [-0.2, -0.15) is 4.31 Å². The normalized spacial score (nSPS) is 22.7. The minimum absolute atomic E-state index is 0.135. The van der Waals surface area contributed by atoms with E-state index in [2.05, 4.69) is 5.32 Å². The van der Waals surface area contributed by atoms with Crippen molar-refractivity contribution in [1.29, 1.82) is 0 Å². The summed E-state index contributed by atoms with van der Waals surface area (Å²) < 4.78 is 32.6. The van der Waals surface area contributed by atoms with Crippen LogP contribution in [0.4, 0.5) is 0 Å². The zero-order valence-corrected chi connectivity index (χ0v) is 17.1. The van der Waals surface area contributed by atoms with Crippen LogP contribution in [0, 0.1) is 0 Å². The highest BCUT2D eigenvalue weighted by Gasteiger charge is 2.39. The molecule has 0 radical (unpaired) electrons. The van der Waals surface area contributed by atoms with Gasteiger partial charge in [0, 0.05) is 31.7 Å². The van der Waals surface area contributed by atoms with E-state index in [1.165, 1.54) is 23.5 Å². The highest BCUT2D eigenvalue weighted by molar-refractivity contribution is 7.89. The fraction of sp³-hybridized carbons (Fsp3) is 0.632. The average molecular weight is 396 g/mol. The van der Waals surface area contributed by atoms with E-state index in [4.69, 9.17) is 4.74 Å². The standard InChI is InChI=1S/C19H29N3O4S/c1-4-21(5-2)27(24,25)16-8-9-18(26-3)17(12-16)19(23)22-14-6-7-15(22)13-20-11-10-14/h8-9,12,14-15,20H,4-7,10-11,13H2,1-3H3. The van der Waals surface area contributed by atoms with Crippen molar-refractivity contribution in [2.45, 2.75) is 50.1 Å². The molecular formula is C19H29N3O4S. The van der Waals surface area contributed by atoms with E-state index >= 15 is 0 Å². The molecule has 1 N–H and O–H groups in total. The maximum absolute atomic E-state index is 13.4. The van der Waals surface area contributed by atoms with Crippen LogP contribution < -0.4 is 10.1 Å². The lowest BCUT2D eigenvalue weighted by molar-refractivity contribution is 0.0676. The fourth-order valence-electron chi connectivity index (χ4n) is 4.18. The Morgan fingerprint density at radius 2 is 1.93 bits per heavy atom. The van der Waals surface area contributed by atoms with E-state index in [0.717, 1.165) is 32.4 Å². The zero-order chi connectivity index (χ0) is 19.6. The molecule has 2 aliphatic heterocycles. The van der Waals surface area contributed by atoms with Gasteiger partial charge >= 0.3 is 0 Å². The number of sulfonamides is 1. The number of methoxy groups -OCH3 is 1. The first-order valence-electron chi connectivity index (χ1n) is 9.65. The Morgan fingerprint density at radius 3 is 2.59 bits per heavy atom. The summed E-state index contributed by atoms with van der Waals surface area (Å²) >= 11 is 0. The summed E-state index contributed by atoms with van der Waals surface area (Å²) in [6.45, 7) is 6.06. The first-order chi connectivity index (χ1) is 12.9. The van der Waals surface area contributed by atoms with Gasteiger partial charge in [0.2, 0.25) is 10.0 Å². The topological polar surface area (TPSA) is 79.0 Å². The third kappa shape index (κ3) is 3.70. The van der Waals surface area contributed by atoms with Gasteiger partial charge in [-0.3, -0.25) is 4.79 Å². The number of hydrogen-bond acceptors (Lipinski definition) is 5. The number of amides is 1. The number of nitrogens with one attached hydrogen (secondary N) is 1. The molecule has 2 saturated heterocycles. The van der Waals surface area contributed by atoms with Crippen molar-refractivity contribution >= 4 is 15.9 Å². The molecule has 0 saturated carbocycles. The SMILES string of the molecule is CCN(CC)S(=O)(=O)c1ccc(OC)c(C(=O)N2C3CCNCC2CC3)c1. The van der Waals surface area contributed by atoms with E-state index in [9.17, 15) is 13.2 Å². The predicted octanol–water partition coefficient (Wildman–Crippen LogP) is 1.69. The summed E-state index contributed by atoms with van der Waals surface area (Å²) in [6.07, 6.45) is 2.89. The Labute approximate surface area is 161 Å². The molecule has 1 amide bonds. The Morgan fingerprint density at radius 1 is 1.22 bits per heavy atom. The molecule has 2 fully saturated rings. The summed E-state index contributed by atoms with van der Waals surface area (Å²) in [5.74, 6) is 0.273. The fourth-order valence-corrected chi connectivity index (χ4v) is 5.67.